The molecule has 0 spiro atoms. The first kappa shape index (κ1) is 12.9. The second-order valence-electron chi connectivity index (χ2n) is 2.78. The van der Waals surface area contributed by atoms with Crippen LogP contribution in [-0.4, -0.2) is 50.7 Å². The van der Waals surface area contributed by atoms with Crippen LogP contribution < -0.4 is 0 Å². The fraction of sp³-hybridized carbons (Fsp3) is 0.778. The van der Waals surface area contributed by atoms with E-state index in [-0.39, 0.29) is 24.9 Å². The Hall–Kier alpha value is -1.10. The van der Waals surface area contributed by atoms with Gasteiger partial charge in [0.05, 0.1) is 13.5 Å². The van der Waals surface area contributed by atoms with Crippen molar-refractivity contribution in [1.29, 1.82) is 0 Å². The number of likely N-dealkylation sites (N-methyl/N-ethyl adjacent to an activating group) is 1. The maximum absolute atomic E-state index is 11.3. The van der Waals surface area contributed by atoms with Gasteiger partial charge in [0.2, 0.25) is 5.91 Å². The van der Waals surface area contributed by atoms with Crippen molar-refractivity contribution < 1.29 is 19.1 Å². The van der Waals surface area contributed by atoms with Crippen LogP contribution in [0, 0.1) is 0 Å². The summed E-state index contributed by atoms with van der Waals surface area (Å²) in [5, 5.41) is 0. The fourth-order valence-corrected chi connectivity index (χ4v) is 0.785. The summed E-state index contributed by atoms with van der Waals surface area (Å²) in [7, 11) is 2.95. The van der Waals surface area contributed by atoms with Gasteiger partial charge in [-0.1, -0.05) is 0 Å². The molecule has 1 amide bonds. The fourth-order valence-electron chi connectivity index (χ4n) is 0.785. The molecule has 0 radical (unpaired) electrons. The molecule has 0 aromatic rings. The number of carbonyl (C=O) groups excluding carboxylic acids is 2. The highest BCUT2D eigenvalue weighted by molar-refractivity contribution is 5.78. The van der Waals surface area contributed by atoms with Gasteiger partial charge in [-0.25, -0.2) is 0 Å². The minimum atomic E-state index is -0.318. The summed E-state index contributed by atoms with van der Waals surface area (Å²) in [4.78, 5) is 23.5. The number of rotatable bonds is 6. The first-order valence-electron chi connectivity index (χ1n) is 4.50. The number of methoxy groups -OCH3 is 1. The van der Waals surface area contributed by atoms with Crippen molar-refractivity contribution in [1.82, 2.24) is 4.90 Å². The molecule has 0 saturated heterocycles. The highest BCUT2D eigenvalue weighted by Gasteiger charge is 2.10. The third-order valence-electron chi connectivity index (χ3n) is 1.73. The molecule has 0 atom stereocenters. The molecule has 0 fully saturated rings. The largest absolute Gasteiger partial charge is 0.469 e. The van der Waals surface area contributed by atoms with Gasteiger partial charge in [0.15, 0.2) is 0 Å². The molecule has 5 heteroatoms. The number of esters is 1. The molecule has 0 aliphatic heterocycles. The first-order valence-corrected chi connectivity index (χ1v) is 4.50. The average Bonchev–Trinajstić information content (AvgIpc) is 2.21. The van der Waals surface area contributed by atoms with Crippen LogP contribution in [-0.2, 0) is 19.1 Å². The molecular weight excluding hydrogens is 186 g/mol. The second kappa shape index (κ2) is 7.32. The lowest BCUT2D eigenvalue weighted by atomic mass is 10.4. The molecule has 0 aliphatic rings. The highest BCUT2D eigenvalue weighted by Crippen LogP contribution is 1.91. The Morgan fingerprint density at radius 1 is 1.36 bits per heavy atom. The van der Waals surface area contributed by atoms with Gasteiger partial charge in [-0.15, -0.1) is 0 Å². The van der Waals surface area contributed by atoms with Gasteiger partial charge in [-0.05, 0) is 6.92 Å². The summed E-state index contributed by atoms with van der Waals surface area (Å²) < 4.78 is 9.40. The van der Waals surface area contributed by atoms with Crippen molar-refractivity contribution in [3.05, 3.63) is 0 Å². The standard InChI is InChI=1S/C9H17NO4/c1-4-14-7-8(11)10(2)6-5-9(12)13-3/h4-7H2,1-3H3. The monoisotopic (exact) mass is 203 g/mol. The molecule has 0 bridgehead atoms. The Kier molecular flexibility index (Phi) is 6.74. The maximum Gasteiger partial charge on any atom is 0.307 e. The van der Waals surface area contributed by atoms with E-state index in [1.165, 1.54) is 12.0 Å². The zero-order valence-electron chi connectivity index (χ0n) is 8.91. The molecule has 0 aliphatic carbocycles. The van der Waals surface area contributed by atoms with Crippen LogP contribution in [0.2, 0.25) is 0 Å². The number of amides is 1. The predicted octanol–water partition coefficient (Wildman–Crippen LogP) is 0.0444. The molecule has 0 N–H and O–H groups in total. The summed E-state index contributed by atoms with van der Waals surface area (Å²) in [6.07, 6.45) is 0.213. The summed E-state index contributed by atoms with van der Waals surface area (Å²) >= 11 is 0. The summed E-state index contributed by atoms with van der Waals surface area (Å²) in [5.41, 5.74) is 0. The van der Waals surface area contributed by atoms with E-state index in [0.717, 1.165) is 0 Å². The summed E-state index contributed by atoms with van der Waals surface area (Å²) in [5.74, 6) is -0.447. The van der Waals surface area contributed by atoms with E-state index < -0.39 is 0 Å². The zero-order valence-corrected chi connectivity index (χ0v) is 8.91. The quantitative estimate of drug-likeness (QED) is 0.572. The van der Waals surface area contributed by atoms with Crippen LogP contribution in [0.25, 0.3) is 0 Å². The lowest BCUT2D eigenvalue weighted by Crippen LogP contribution is -2.32. The molecule has 0 unspecified atom stereocenters. The molecule has 14 heavy (non-hydrogen) atoms. The maximum atomic E-state index is 11.3. The number of ether oxygens (including phenoxy) is 2. The van der Waals surface area contributed by atoms with E-state index in [1.54, 1.807) is 7.05 Å². The van der Waals surface area contributed by atoms with Crippen LogP contribution in [0.15, 0.2) is 0 Å². The minimum absolute atomic E-state index is 0.0637. The van der Waals surface area contributed by atoms with Gasteiger partial charge in [-0.2, -0.15) is 0 Å². The van der Waals surface area contributed by atoms with Crippen molar-refractivity contribution in [3.63, 3.8) is 0 Å². The van der Waals surface area contributed by atoms with Crippen molar-refractivity contribution in [2.24, 2.45) is 0 Å². The molecule has 0 saturated carbocycles. The predicted molar refractivity (Wildman–Crippen MR) is 50.8 cm³/mol. The van der Waals surface area contributed by atoms with E-state index in [1.807, 2.05) is 6.92 Å². The Bertz CT molecular complexity index is 193. The number of carbonyl (C=O) groups is 2. The third-order valence-corrected chi connectivity index (χ3v) is 1.73. The SMILES string of the molecule is CCOCC(=O)N(C)CCC(=O)OC. The van der Waals surface area contributed by atoms with Crippen LogP contribution in [0.4, 0.5) is 0 Å². The van der Waals surface area contributed by atoms with Crippen molar-refractivity contribution in [3.8, 4) is 0 Å². The van der Waals surface area contributed by atoms with Gasteiger partial charge >= 0.3 is 5.97 Å². The number of hydrogen-bond donors (Lipinski definition) is 0. The van der Waals surface area contributed by atoms with Gasteiger partial charge in [0.1, 0.15) is 6.61 Å². The Morgan fingerprint density at radius 3 is 2.50 bits per heavy atom. The molecule has 5 nitrogen and oxygen atoms in total. The molecule has 0 aromatic heterocycles. The Balaban J connectivity index is 3.66. The smallest absolute Gasteiger partial charge is 0.307 e. The molecule has 0 aromatic carbocycles. The van der Waals surface area contributed by atoms with Gasteiger partial charge in [0.25, 0.3) is 0 Å². The topological polar surface area (TPSA) is 55.8 Å². The molecule has 82 valence electrons. The van der Waals surface area contributed by atoms with E-state index >= 15 is 0 Å². The molecule has 0 rings (SSSR count). The number of nitrogens with zero attached hydrogens (tertiary/aromatic N) is 1. The lowest BCUT2D eigenvalue weighted by Gasteiger charge is -2.15. The molecular formula is C9H17NO4. The van der Waals surface area contributed by atoms with E-state index in [2.05, 4.69) is 4.74 Å². The lowest BCUT2D eigenvalue weighted by molar-refractivity contribution is -0.142. The first-order chi connectivity index (χ1) is 6.61. The Morgan fingerprint density at radius 2 is 2.00 bits per heavy atom. The van der Waals surface area contributed by atoms with Crippen molar-refractivity contribution >= 4 is 11.9 Å². The average molecular weight is 203 g/mol. The van der Waals surface area contributed by atoms with Crippen LogP contribution in [0.5, 0.6) is 0 Å². The van der Waals surface area contributed by atoms with Gasteiger partial charge in [0, 0.05) is 20.2 Å². The van der Waals surface area contributed by atoms with E-state index in [9.17, 15) is 9.59 Å². The van der Waals surface area contributed by atoms with Crippen LogP contribution in [0.1, 0.15) is 13.3 Å². The third kappa shape index (κ3) is 5.53. The van der Waals surface area contributed by atoms with Crippen molar-refractivity contribution in [2.45, 2.75) is 13.3 Å². The molecule has 0 heterocycles. The second-order valence-corrected chi connectivity index (χ2v) is 2.78. The minimum Gasteiger partial charge on any atom is -0.469 e. The number of hydrogen-bond acceptors (Lipinski definition) is 4. The van der Waals surface area contributed by atoms with Crippen LogP contribution >= 0.6 is 0 Å². The Labute approximate surface area is 84.0 Å². The van der Waals surface area contributed by atoms with E-state index in [0.29, 0.717) is 13.2 Å². The zero-order chi connectivity index (χ0) is 11.0. The summed E-state index contributed by atoms with van der Waals surface area (Å²) in [6, 6.07) is 0. The van der Waals surface area contributed by atoms with Crippen molar-refractivity contribution in [2.75, 3.05) is 33.9 Å². The highest BCUT2D eigenvalue weighted by atomic mass is 16.5. The van der Waals surface area contributed by atoms with E-state index in [4.69, 9.17) is 4.74 Å². The normalized spacial score (nSPS) is 9.64. The van der Waals surface area contributed by atoms with Crippen LogP contribution in [0.3, 0.4) is 0 Å². The summed E-state index contributed by atoms with van der Waals surface area (Å²) in [6.45, 7) is 2.76. The van der Waals surface area contributed by atoms with Gasteiger partial charge in [-0.3, -0.25) is 9.59 Å². The van der Waals surface area contributed by atoms with Gasteiger partial charge < -0.3 is 14.4 Å².